The van der Waals surface area contributed by atoms with Crippen LogP contribution in [0.3, 0.4) is 0 Å². The minimum atomic E-state index is 0.560. The van der Waals surface area contributed by atoms with Crippen molar-refractivity contribution in [3.63, 3.8) is 0 Å². The maximum absolute atomic E-state index is 9.95. The Balaban J connectivity index is 2.36. The molecule has 69 valence electrons. The normalized spacial score (nSPS) is 9.92. The molecule has 0 aromatic heterocycles. The van der Waals surface area contributed by atoms with Gasteiger partial charge in [0.2, 0.25) is 0 Å². The quantitative estimate of drug-likeness (QED) is 0.722. The first-order valence-electron chi connectivity index (χ1n) is 4.43. The van der Waals surface area contributed by atoms with Gasteiger partial charge in [-0.3, -0.25) is 4.79 Å². The first kappa shape index (κ1) is 10.5. The number of rotatable bonds is 5. The van der Waals surface area contributed by atoms with Crippen LogP contribution in [0.4, 0.5) is 0 Å². The molecule has 1 aromatic carbocycles. The molecule has 0 unspecified atom stereocenters. The summed E-state index contributed by atoms with van der Waals surface area (Å²) in [5.41, 5.74) is 1.31. The Kier molecular flexibility index (Phi) is 4.76. The molecule has 0 saturated carbocycles. The molecule has 1 radical (unpaired) electrons. The molecular formula is C11H12BrO. The molecule has 0 spiro atoms. The van der Waals surface area contributed by atoms with Gasteiger partial charge in [-0.2, -0.15) is 0 Å². The standard InChI is InChI=1S/C11H12BrO/c12-11-8-4-3-7-10(11)6-2-1-5-9-13/h3-4,7-8H,1-2,5-6H2. The zero-order chi connectivity index (χ0) is 9.52. The number of aryl methyl sites for hydroxylation is 1. The zero-order valence-electron chi connectivity index (χ0n) is 7.42. The van der Waals surface area contributed by atoms with Crippen molar-refractivity contribution >= 4 is 22.2 Å². The molecule has 0 aliphatic carbocycles. The average Bonchev–Trinajstić information content (AvgIpc) is 2.15. The van der Waals surface area contributed by atoms with Crippen molar-refractivity contribution in [2.75, 3.05) is 0 Å². The maximum atomic E-state index is 9.95. The topological polar surface area (TPSA) is 17.1 Å². The van der Waals surface area contributed by atoms with Gasteiger partial charge in [0.25, 0.3) is 0 Å². The van der Waals surface area contributed by atoms with E-state index in [0.717, 1.165) is 23.7 Å². The number of carbonyl (C=O) groups excluding carboxylic acids is 1. The summed E-state index contributed by atoms with van der Waals surface area (Å²) in [5, 5.41) is 0. The van der Waals surface area contributed by atoms with Crippen molar-refractivity contribution < 1.29 is 4.79 Å². The lowest BCUT2D eigenvalue weighted by Gasteiger charge is -2.02. The van der Waals surface area contributed by atoms with Crippen LogP contribution < -0.4 is 0 Å². The van der Waals surface area contributed by atoms with E-state index >= 15 is 0 Å². The molecule has 1 nitrogen and oxygen atoms in total. The van der Waals surface area contributed by atoms with E-state index in [1.165, 1.54) is 5.56 Å². The molecular weight excluding hydrogens is 228 g/mol. The molecule has 0 N–H and O–H groups in total. The zero-order valence-corrected chi connectivity index (χ0v) is 9.01. The molecule has 2 heteroatoms. The van der Waals surface area contributed by atoms with E-state index in [4.69, 9.17) is 0 Å². The average molecular weight is 240 g/mol. The second-order valence-electron chi connectivity index (χ2n) is 2.94. The number of halogens is 1. The molecule has 0 aliphatic rings. The van der Waals surface area contributed by atoms with Gasteiger partial charge >= 0.3 is 0 Å². The van der Waals surface area contributed by atoms with Gasteiger partial charge in [-0.05, 0) is 30.9 Å². The third-order valence-corrected chi connectivity index (χ3v) is 2.71. The van der Waals surface area contributed by atoms with Crippen molar-refractivity contribution in [2.45, 2.75) is 25.7 Å². The first-order valence-corrected chi connectivity index (χ1v) is 5.22. The van der Waals surface area contributed by atoms with Crippen LogP contribution in [0.5, 0.6) is 0 Å². The molecule has 0 amide bonds. The molecule has 0 saturated heterocycles. The van der Waals surface area contributed by atoms with Crippen molar-refractivity contribution in [1.82, 2.24) is 0 Å². The van der Waals surface area contributed by atoms with E-state index in [1.54, 1.807) is 0 Å². The number of hydrogen-bond acceptors (Lipinski definition) is 1. The van der Waals surface area contributed by atoms with E-state index in [1.807, 2.05) is 24.5 Å². The van der Waals surface area contributed by atoms with Gasteiger partial charge < -0.3 is 0 Å². The van der Waals surface area contributed by atoms with Crippen LogP contribution >= 0.6 is 15.9 Å². The summed E-state index contributed by atoms with van der Waals surface area (Å²) < 4.78 is 1.16. The lowest BCUT2D eigenvalue weighted by Crippen LogP contribution is -1.87. The van der Waals surface area contributed by atoms with E-state index in [-0.39, 0.29) is 0 Å². The number of benzene rings is 1. The highest BCUT2D eigenvalue weighted by atomic mass is 79.9. The molecule has 0 bridgehead atoms. The van der Waals surface area contributed by atoms with Gasteiger partial charge in [-0.25, -0.2) is 0 Å². The lowest BCUT2D eigenvalue weighted by molar-refractivity contribution is 0.546. The Morgan fingerprint density at radius 3 is 2.69 bits per heavy atom. The Labute approximate surface area is 87.3 Å². The van der Waals surface area contributed by atoms with Gasteiger partial charge in [0, 0.05) is 10.9 Å². The third-order valence-electron chi connectivity index (χ3n) is 1.93. The van der Waals surface area contributed by atoms with Gasteiger partial charge in [-0.1, -0.05) is 34.1 Å². The van der Waals surface area contributed by atoms with Gasteiger partial charge in [0.15, 0.2) is 6.29 Å². The molecule has 0 heterocycles. The minimum Gasteiger partial charge on any atom is -0.291 e. The van der Waals surface area contributed by atoms with Crippen LogP contribution in [0.15, 0.2) is 28.7 Å². The summed E-state index contributed by atoms with van der Waals surface area (Å²) in [6.45, 7) is 0. The van der Waals surface area contributed by atoms with E-state index in [0.29, 0.717) is 6.42 Å². The molecule has 1 aromatic rings. The van der Waals surface area contributed by atoms with Crippen molar-refractivity contribution in [1.29, 1.82) is 0 Å². The molecule has 0 atom stereocenters. The predicted octanol–water partition coefficient (Wildman–Crippen LogP) is 3.27. The molecule has 0 aliphatic heterocycles. The van der Waals surface area contributed by atoms with Gasteiger partial charge in [0.1, 0.15) is 0 Å². The Morgan fingerprint density at radius 2 is 2.00 bits per heavy atom. The van der Waals surface area contributed by atoms with E-state index in [2.05, 4.69) is 22.0 Å². The highest BCUT2D eigenvalue weighted by Gasteiger charge is 1.97. The van der Waals surface area contributed by atoms with Gasteiger partial charge in [-0.15, -0.1) is 0 Å². The lowest BCUT2D eigenvalue weighted by atomic mass is 10.1. The largest absolute Gasteiger partial charge is 0.291 e. The Hall–Kier alpha value is -0.630. The highest BCUT2D eigenvalue weighted by Crippen LogP contribution is 2.17. The summed E-state index contributed by atoms with van der Waals surface area (Å²) in [4.78, 5) is 9.95. The number of unbranched alkanes of at least 4 members (excludes halogenated alkanes) is 2. The van der Waals surface area contributed by atoms with Crippen molar-refractivity contribution in [3.05, 3.63) is 34.3 Å². The summed E-state index contributed by atoms with van der Waals surface area (Å²) in [7, 11) is 0. The van der Waals surface area contributed by atoms with Crippen LogP contribution in [0.25, 0.3) is 0 Å². The molecule has 1 rings (SSSR count). The van der Waals surface area contributed by atoms with Crippen molar-refractivity contribution in [3.8, 4) is 0 Å². The van der Waals surface area contributed by atoms with Crippen LogP contribution in [0.1, 0.15) is 24.8 Å². The van der Waals surface area contributed by atoms with E-state index < -0.39 is 0 Å². The first-order chi connectivity index (χ1) is 6.34. The van der Waals surface area contributed by atoms with Crippen LogP contribution in [-0.4, -0.2) is 6.29 Å². The van der Waals surface area contributed by atoms with Crippen molar-refractivity contribution in [2.24, 2.45) is 0 Å². The highest BCUT2D eigenvalue weighted by molar-refractivity contribution is 9.10. The van der Waals surface area contributed by atoms with E-state index in [9.17, 15) is 4.79 Å². The minimum absolute atomic E-state index is 0.560. The monoisotopic (exact) mass is 239 g/mol. The molecule has 0 fully saturated rings. The smallest absolute Gasteiger partial charge is 0.198 e. The maximum Gasteiger partial charge on any atom is 0.198 e. The van der Waals surface area contributed by atoms with Crippen LogP contribution in [0, 0.1) is 0 Å². The Morgan fingerprint density at radius 1 is 1.23 bits per heavy atom. The summed E-state index contributed by atoms with van der Waals surface area (Å²) in [6.07, 6.45) is 5.49. The fourth-order valence-electron chi connectivity index (χ4n) is 1.21. The summed E-state index contributed by atoms with van der Waals surface area (Å²) in [6, 6.07) is 8.19. The Bertz CT molecular complexity index is 271. The SMILES string of the molecule is O=[C]CCCCc1ccccc1Br. The predicted molar refractivity (Wildman–Crippen MR) is 57.4 cm³/mol. The van der Waals surface area contributed by atoms with Crippen LogP contribution in [-0.2, 0) is 11.2 Å². The number of hydrogen-bond donors (Lipinski definition) is 0. The fraction of sp³-hybridized carbons (Fsp3) is 0.364. The fourth-order valence-corrected chi connectivity index (χ4v) is 1.70. The third kappa shape index (κ3) is 3.73. The second-order valence-corrected chi connectivity index (χ2v) is 3.80. The second kappa shape index (κ2) is 5.92. The summed E-state index contributed by atoms with van der Waals surface area (Å²) >= 11 is 3.49. The molecule has 13 heavy (non-hydrogen) atoms. The van der Waals surface area contributed by atoms with Gasteiger partial charge in [0.05, 0.1) is 0 Å². The van der Waals surface area contributed by atoms with Crippen LogP contribution in [0.2, 0.25) is 0 Å². The summed E-state index contributed by atoms with van der Waals surface area (Å²) in [5.74, 6) is 0.